The zero-order valence-corrected chi connectivity index (χ0v) is 15.0. The Hall–Kier alpha value is -1.39. The van der Waals surface area contributed by atoms with Crippen LogP contribution >= 0.6 is 24.0 Å². The van der Waals surface area contributed by atoms with E-state index in [0.29, 0.717) is 6.04 Å². The van der Waals surface area contributed by atoms with Gasteiger partial charge >= 0.3 is 0 Å². The van der Waals surface area contributed by atoms with Gasteiger partial charge in [0.25, 0.3) is 5.91 Å². The maximum absolute atomic E-state index is 12.7. The number of rotatable bonds is 3. The smallest absolute Gasteiger partial charge is 0.266 e. The van der Waals surface area contributed by atoms with Gasteiger partial charge in [-0.05, 0) is 37.0 Å². The maximum atomic E-state index is 12.7. The molecule has 0 bridgehead atoms. The Morgan fingerprint density at radius 3 is 2.61 bits per heavy atom. The zero-order chi connectivity index (χ0) is 16.2. The van der Waals surface area contributed by atoms with E-state index in [-0.39, 0.29) is 5.91 Å². The van der Waals surface area contributed by atoms with Crippen molar-refractivity contribution in [1.82, 2.24) is 4.90 Å². The van der Waals surface area contributed by atoms with Gasteiger partial charge in [0.05, 0.1) is 4.91 Å². The van der Waals surface area contributed by atoms with Crippen molar-refractivity contribution < 1.29 is 4.79 Å². The molecule has 0 atom stereocenters. The fourth-order valence-corrected chi connectivity index (χ4v) is 4.64. The Bertz CT molecular complexity index is 657. The molecule has 1 aromatic rings. The second kappa shape index (κ2) is 7.45. The van der Waals surface area contributed by atoms with Gasteiger partial charge in [-0.3, -0.25) is 9.69 Å². The van der Waals surface area contributed by atoms with Crippen LogP contribution in [0.1, 0.15) is 44.6 Å². The minimum atomic E-state index is 0.0905. The molecule has 120 valence electrons. The van der Waals surface area contributed by atoms with Crippen LogP contribution in [0.5, 0.6) is 0 Å². The van der Waals surface area contributed by atoms with E-state index in [4.69, 9.17) is 12.2 Å². The normalized spacial score (nSPS) is 22.2. The summed E-state index contributed by atoms with van der Waals surface area (Å²) in [5.41, 5.74) is 2.21. The van der Waals surface area contributed by atoms with Gasteiger partial charge in [-0.25, -0.2) is 0 Å². The summed E-state index contributed by atoms with van der Waals surface area (Å²) >= 11 is 6.91. The van der Waals surface area contributed by atoms with Crippen LogP contribution in [-0.4, -0.2) is 21.2 Å². The molecule has 4 heteroatoms. The Morgan fingerprint density at radius 2 is 1.91 bits per heavy atom. The molecule has 1 amide bonds. The van der Waals surface area contributed by atoms with Gasteiger partial charge in [0.2, 0.25) is 0 Å². The first kappa shape index (κ1) is 16.5. The second-order valence-electron chi connectivity index (χ2n) is 6.14. The molecule has 0 N–H and O–H groups in total. The lowest BCUT2D eigenvalue weighted by Gasteiger charge is -2.29. The van der Waals surface area contributed by atoms with Crippen LogP contribution in [0.3, 0.4) is 0 Å². The van der Waals surface area contributed by atoms with Crippen molar-refractivity contribution in [3.8, 4) is 0 Å². The molecule has 0 radical (unpaired) electrons. The van der Waals surface area contributed by atoms with Crippen LogP contribution in [0.2, 0.25) is 0 Å². The number of allylic oxidation sites excluding steroid dienone is 2. The van der Waals surface area contributed by atoms with E-state index in [0.717, 1.165) is 33.2 Å². The highest BCUT2D eigenvalue weighted by atomic mass is 32.2. The predicted octanol–water partition coefficient (Wildman–Crippen LogP) is 5.17. The predicted molar refractivity (Wildman–Crippen MR) is 102 cm³/mol. The Kier molecular flexibility index (Phi) is 5.34. The molecule has 2 nitrogen and oxygen atoms in total. The standard InChI is InChI=1S/C19H21NOS2/c1-14(12-15-8-4-2-5-9-15)13-17-18(21)20(19(22)23-17)16-10-6-3-7-11-16/h2,4-5,8-9,12-13,16H,3,6-7,10-11H2,1H3/b14-12+,17-13-. The topological polar surface area (TPSA) is 20.3 Å². The second-order valence-corrected chi connectivity index (χ2v) is 7.82. The van der Waals surface area contributed by atoms with E-state index >= 15 is 0 Å². The molecule has 1 heterocycles. The summed E-state index contributed by atoms with van der Waals surface area (Å²) in [5, 5.41) is 0. The van der Waals surface area contributed by atoms with Gasteiger partial charge < -0.3 is 0 Å². The van der Waals surface area contributed by atoms with Crippen molar-refractivity contribution in [2.75, 3.05) is 0 Å². The number of thioether (sulfide) groups is 1. The molecular weight excluding hydrogens is 322 g/mol. The van der Waals surface area contributed by atoms with Gasteiger partial charge in [-0.2, -0.15) is 0 Å². The quantitative estimate of drug-likeness (QED) is 0.558. The Labute approximate surface area is 147 Å². The molecule has 0 spiro atoms. The summed E-state index contributed by atoms with van der Waals surface area (Å²) in [5.74, 6) is 0.0905. The SMILES string of the molecule is CC(/C=C1\SC(=S)N(C2CCCCC2)C1=O)=C\c1ccccc1. The van der Waals surface area contributed by atoms with Crippen LogP contribution in [0.4, 0.5) is 0 Å². The fourth-order valence-electron chi connectivity index (χ4n) is 3.19. The van der Waals surface area contributed by atoms with Crippen molar-refractivity contribution >= 4 is 40.3 Å². The molecule has 1 aromatic carbocycles. The zero-order valence-electron chi connectivity index (χ0n) is 13.3. The van der Waals surface area contributed by atoms with Crippen LogP contribution in [0.25, 0.3) is 6.08 Å². The Morgan fingerprint density at radius 1 is 1.22 bits per heavy atom. The molecule has 3 rings (SSSR count). The molecule has 1 saturated carbocycles. The Balaban J connectivity index is 1.77. The van der Waals surface area contributed by atoms with Gasteiger partial charge in [-0.1, -0.05) is 79.7 Å². The van der Waals surface area contributed by atoms with Crippen molar-refractivity contribution in [2.45, 2.75) is 45.1 Å². The molecule has 23 heavy (non-hydrogen) atoms. The number of carbonyl (C=O) groups excluding carboxylic acids is 1. The summed E-state index contributed by atoms with van der Waals surface area (Å²) < 4.78 is 0.723. The summed E-state index contributed by atoms with van der Waals surface area (Å²) in [6, 6.07) is 10.5. The number of carbonyl (C=O) groups is 1. The van der Waals surface area contributed by atoms with Gasteiger partial charge in [0.15, 0.2) is 0 Å². The van der Waals surface area contributed by atoms with Crippen LogP contribution < -0.4 is 0 Å². The first-order valence-corrected chi connectivity index (χ1v) is 9.38. The maximum Gasteiger partial charge on any atom is 0.266 e. The molecule has 1 aliphatic heterocycles. The molecule has 0 aromatic heterocycles. The highest BCUT2D eigenvalue weighted by molar-refractivity contribution is 8.26. The number of hydrogen-bond acceptors (Lipinski definition) is 3. The lowest BCUT2D eigenvalue weighted by molar-refractivity contribution is -0.124. The fraction of sp³-hybridized carbons (Fsp3) is 0.368. The molecular formula is C19H21NOS2. The molecule has 0 unspecified atom stereocenters. The van der Waals surface area contributed by atoms with Crippen molar-refractivity contribution in [3.63, 3.8) is 0 Å². The van der Waals surface area contributed by atoms with Crippen molar-refractivity contribution in [3.05, 3.63) is 52.4 Å². The summed E-state index contributed by atoms with van der Waals surface area (Å²) in [7, 11) is 0. The first-order valence-electron chi connectivity index (χ1n) is 8.15. The summed E-state index contributed by atoms with van der Waals surface area (Å²) in [6.07, 6.45) is 9.90. The molecule has 1 saturated heterocycles. The lowest BCUT2D eigenvalue weighted by Crippen LogP contribution is -2.39. The van der Waals surface area contributed by atoms with E-state index < -0.39 is 0 Å². The van der Waals surface area contributed by atoms with Gasteiger partial charge in [-0.15, -0.1) is 0 Å². The molecule has 1 aliphatic carbocycles. The number of benzene rings is 1. The van der Waals surface area contributed by atoms with E-state index in [9.17, 15) is 4.79 Å². The first-order chi connectivity index (χ1) is 11.1. The lowest BCUT2D eigenvalue weighted by atomic mass is 9.94. The van der Waals surface area contributed by atoms with Crippen LogP contribution in [-0.2, 0) is 4.79 Å². The van der Waals surface area contributed by atoms with Crippen LogP contribution in [0.15, 0.2) is 46.9 Å². The minimum Gasteiger partial charge on any atom is -0.290 e. The van der Waals surface area contributed by atoms with E-state index in [2.05, 4.69) is 18.2 Å². The van der Waals surface area contributed by atoms with E-state index in [1.807, 2.05) is 36.1 Å². The molecule has 2 fully saturated rings. The molecule has 2 aliphatic rings. The highest BCUT2D eigenvalue weighted by Crippen LogP contribution is 2.36. The van der Waals surface area contributed by atoms with Crippen molar-refractivity contribution in [2.24, 2.45) is 0 Å². The number of hydrogen-bond donors (Lipinski definition) is 0. The van der Waals surface area contributed by atoms with Crippen LogP contribution in [0, 0.1) is 0 Å². The van der Waals surface area contributed by atoms with E-state index in [1.54, 1.807) is 0 Å². The highest BCUT2D eigenvalue weighted by Gasteiger charge is 2.37. The number of amides is 1. The van der Waals surface area contributed by atoms with Gasteiger partial charge in [0.1, 0.15) is 4.32 Å². The van der Waals surface area contributed by atoms with E-state index in [1.165, 1.54) is 31.0 Å². The third-order valence-corrected chi connectivity index (χ3v) is 5.65. The average Bonchev–Trinajstić information content (AvgIpc) is 2.83. The van der Waals surface area contributed by atoms with Crippen molar-refractivity contribution in [1.29, 1.82) is 0 Å². The minimum absolute atomic E-state index is 0.0905. The third kappa shape index (κ3) is 3.93. The number of nitrogens with zero attached hydrogens (tertiary/aromatic N) is 1. The summed E-state index contributed by atoms with van der Waals surface area (Å²) in [6.45, 7) is 2.03. The average molecular weight is 344 g/mol. The van der Waals surface area contributed by atoms with Gasteiger partial charge in [0, 0.05) is 6.04 Å². The monoisotopic (exact) mass is 343 g/mol. The third-order valence-electron chi connectivity index (χ3n) is 4.32. The summed E-state index contributed by atoms with van der Waals surface area (Å²) in [4.78, 5) is 15.3. The number of thiocarbonyl (C=S) groups is 1. The largest absolute Gasteiger partial charge is 0.290 e.